The number of aromatic nitrogens is 2. The zero-order valence-corrected chi connectivity index (χ0v) is 14.8. The van der Waals surface area contributed by atoms with E-state index in [1.54, 1.807) is 16.7 Å². The molecule has 2 amide bonds. The molecule has 6 nitrogen and oxygen atoms in total. The first-order valence-corrected chi connectivity index (χ1v) is 8.43. The van der Waals surface area contributed by atoms with Crippen molar-refractivity contribution in [2.24, 2.45) is 11.8 Å². The summed E-state index contributed by atoms with van der Waals surface area (Å²) in [5.74, 6) is 0.578. The molecule has 0 bridgehead atoms. The summed E-state index contributed by atoms with van der Waals surface area (Å²) in [6.45, 7) is 9.42. The second kappa shape index (κ2) is 7.95. The number of nitrogens with zero attached hydrogens (tertiary/aromatic N) is 2. The highest BCUT2D eigenvalue weighted by Gasteiger charge is 2.21. The summed E-state index contributed by atoms with van der Waals surface area (Å²) < 4.78 is 1.66. The number of carbonyl (C=O) groups is 2. The highest BCUT2D eigenvalue weighted by Crippen LogP contribution is 2.13. The summed E-state index contributed by atoms with van der Waals surface area (Å²) in [5, 5.41) is 5.73. The van der Waals surface area contributed by atoms with E-state index >= 15 is 0 Å². The molecular formula is C18H26N4O2. The van der Waals surface area contributed by atoms with E-state index in [1.165, 1.54) is 0 Å². The number of amides is 2. The van der Waals surface area contributed by atoms with E-state index in [4.69, 9.17) is 0 Å². The van der Waals surface area contributed by atoms with Crippen molar-refractivity contribution in [3.05, 3.63) is 35.9 Å². The molecule has 0 spiro atoms. The van der Waals surface area contributed by atoms with Gasteiger partial charge in [-0.3, -0.25) is 14.0 Å². The molecule has 0 aliphatic rings. The topological polar surface area (TPSA) is 75.5 Å². The van der Waals surface area contributed by atoms with Gasteiger partial charge in [-0.25, -0.2) is 4.98 Å². The summed E-state index contributed by atoms with van der Waals surface area (Å²) in [7, 11) is 0. The van der Waals surface area contributed by atoms with E-state index < -0.39 is 0 Å². The van der Waals surface area contributed by atoms with Gasteiger partial charge in [-0.05, 0) is 30.4 Å². The molecule has 2 heterocycles. The SMILES string of the molecule is CC(C)CCNC(=O)c1nc(C(=O)NCC(C)C)n2ccccc12. The molecule has 2 aromatic rings. The van der Waals surface area contributed by atoms with Crippen LogP contribution >= 0.6 is 0 Å². The molecule has 2 rings (SSSR count). The summed E-state index contributed by atoms with van der Waals surface area (Å²) in [6.07, 6.45) is 2.65. The minimum Gasteiger partial charge on any atom is -0.351 e. The molecule has 0 atom stereocenters. The van der Waals surface area contributed by atoms with Crippen LogP contribution in [0.3, 0.4) is 0 Å². The number of fused-ring (bicyclic) bond motifs is 1. The fraction of sp³-hybridized carbons (Fsp3) is 0.500. The van der Waals surface area contributed by atoms with Gasteiger partial charge in [-0.15, -0.1) is 0 Å². The van der Waals surface area contributed by atoms with E-state index in [0.717, 1.165) is 6.42 Å². The van der Waals surface area contributed by atoms with Crippen LogP contribution in [0.5, 0.6) is 0 Å². The van der Waals surface area contributed by atoms with Crippen LogP contribution in [0.2, 0.25) is 0 Å². The Labute approximate surface area is 142 Å². The summed E-state index contributed by atoms with van der Waals surface area (Å²) in [5.41, 5.74) is 0.920. The largest absolute Gasteiger partial charge is 0.351 e. The smallest absolute Gasteiger partial charge is 0.287 e. The second-order valence-corrected chi connectivity index (χ2v) is 6.78. The molecule has 0 unspecified atom stereocenters. The van der Waals surface area contributed by atoms with Crippen LogP contribution in [0.25, 0.3) is 5.52 Å². The van der Waals surface area contributed by atoms with E-state index in [1.807, 2.05) is 26.0 Å². The summed E-state index contributed by atoms with van der Waals surface area (Å²) in [4.78, 5) is 29.1. The lowest BCUT2D eigenvalue weighted by Crippen LogP contribution is -2.29. The molecule has 0 saturated heterocycles. The quantitative estimate of drug-likeness (QED) is 0.819. The number of carbonyl (C=O) groups excluding carboxylic acids is 2. The number of hydrogen-bond acceptors (Lipinski definition) is 3. The fourth-order valence-electron chi connectivity index (χ4n) is 2.30. The Balaban J connectivity index is 2.25. The van der Waals surface area contributed by atoms with Gasteiger partial charge in [0.2, 0.25) is 5.82 Å². The third kappa shape index (κ3) is 4.34. The third-order valence-corrected chi connectivity index (χ3v) is 3.64. The Bertz CT molecular complexity index is 719. The van der Waals surface area contributed by atoms with Gasteiger partial charge in [0.05, 0.1) is 5.52 Å². The average molecular weight is 330 g/mol. The van der Waals surface area contributed by atoms with Crippen molar-refractivity contribution in [1.29, 1.82) is 0 Å². The summed E-state index contributed by atoms with van der Waals surface area (Å²) in [6, 6.07) is 5.44. The molecule has 0 aliphatic heterocycles. The monoisotopic (exact) mass is 330 g/mol. The zero-order chi connectivity index (χ0) is 17.7. The Kier molecular flexibility index (Phi) is 5.95. The highest BCUT2D eigenvalue weighted by molar-refractivity contribution is 6.02. The van der Waals surface area contributed by atoms with E-state index in [9.17, 15) is 9.59 Å². The van der Waals surface area contributed by atoms with Crippen molar-refractivity contribution in [3.63, 3.8) is 0 Å². The molecule has 24 heavy (non-hydrogen) atoms. The Morgan fingerprint density at radius 2 is 1.83 bits per heavy atom. The molecule has 0 aliphatic carbocycles. The number of imidazole rings is 1. The molecule has 130 valence electrons. The van der Waals surface area contributed by atoms with Gasteiger partial charge in [-0.1, -0.05) is 33.8 Å². The standard InChI is InChI=1S/C18H26N4O2/c1-12(2)8-9-19-17(23)15-14-7-5-6-10-22(14)16(21-15)18(24)20-11-13(3)4/h5-7,10,12-13H,8-9,11H2,1-4H3,(H,19,23)(H,20,24). The average Bonchev–Trinajstić information content (AvgIpc) is 2.92. The highest BCUT2D eigenvalue weighted by atomic mass is 16.2. The lowest BCUT2D eigenvalue weighted by atomic mass is 10.1. The lowest BCUT2D eigenvalue weighted by molar-refractivity contribution is 0.0938. The minimum absolute atomic E-state index is 0.236. The van der Waals surface area contributed by atoms with Crippen molar-refractivity contribution in [3.8, 4) is 0 Å². The van der Waals surface area contributed by atoms with Gasteiger partial charge in [0.25, 0.3) is 11.8 Å². The Morgan fingerprint density at radius 1 is 1.08 bits per heavy atom. The predicted molar refractivity (Wildman–Crippen MR) is 94.2 cm³/mol. The van der Waals surface area contributed by atoms with Crippen LogP contribution in [-0.4, -0.2) is 34.3 Å². The zero-order valence-electron chi connectivity index (χ0n) is 14.8. The fourth-order valence-corrected chi connectivity index (χ4v) is 2.30. The van der Waals surface area contributed by atoms with Gasteiger partial charge in [0, 0.05) is 19.3 Å². The first-order chi connectivity index (χ1) is 11.4. The van der Waals surface area contributed by atoms with E-state index in [0.29, 0.717) is 30.4 Å². The van der Waals surface area contributed by atoms with Crippen molar-refractivity contribution < 1.29 is 9.59 Å². The lowest BCUT2D eigenvalue weighted by Gasteiger charge is -2.06. The van der Waals surface area contributed by atoms with E-state index in [2.05, 4.69) is 29.5 Å². The van der Waals surface area contributed by atoms with Crippen molar-refractivity contribution >= 4 is 17.3 Å². The van der Waals surface area contributed by atoms with Gasteiger partial charge in [0.15, 0.2) is 5.69 Å². The van der Waals surface area contributed by atoms with Crippen molar-refractivity contribution in [2.75, 3.05) is 13.1 Å². The van der Waals surface area contributed by atoms with Crippen LogP contribution < -0.4 is 10.6 Å². The first kappa shape index (κ1) is 18.0. The number of hydrogen-bond donors (Lipinski definition) is 2. The first-order valence-electron chi connectivity index (χ1n) is 8.43. The van der Waals surface area contributed by atoms with Crippen molar-refractivity contribution in [2.45, 2.75) is 34.1 Å². The number of nitrogens with one attached hydrogen (secondary N) is 2. The Morgan fingerprint density at radius 3 is 2.50 bits per heavy atom. The Hall–Kier alpha value is -2.37. The molecule has 0 aromatic carbocycles. The molecule has 0 fully saturated rings. The van der Waals surface area contributed by atoms with Crippen LogP contribution in [0.15, 0.2) is 24.4 Å². The van der Waals surface area contributed by atoms with Crippen LogP contribution in [-0.2, 0) is 0 Å². The second-order valence-electron chi connectivity index (χ2n) is 6.78. The molecular weight excluding hydrogens is 304 g/mol. The third-order valence-electron chi connectivity index (χ3n) is 3.64. The van der Waals surface area contributed by atoms with Gasteiger partial charge in [-0.2, -0.15) is 0 Å². The summed E-state index contributed by atoms with van der Waals surface area (Å²) >= 11 is 0. The maximum absolute atomic E-state index is 12.4. The van der Waals surface area contributed by atoms with Gasteiger partial charge < -0.3 is 10.6 Å². The maximum Gasteiger partial charge on any atom is 0.287 e. The number of pyridine rings is 1. The molecule has 2 aromatic heterocycles. The van der Waals surface area contributed by atoms with Gasteiger partial charge >= 0.3 is 0 Å². The van der Waals surface area contributed by atoms with E-state index in [-0.39, 0.29) is 23.3 Å². The van der Waals surface area contributed by atoms with Crippen LogP contribution in [0.1, 0.15) is 55.2 Å². The van der Waals surface area contributed by atoms with Crippen molar-refractivity contribution in [1.82, 2.24) is 20.0 Å². The molecule has 2 N–H and O–H groups in total. The molecule has 0 radical (unpaired) electrons. The minimum atomic E-state index is -0.272. The van der Waals surface area contributed by atoms with Crippen LogP contribution in [0.4, 0.5) is 0 Å². The maximum atomic E-state index is 12.4. The van der Waals surface area contributed by atoms with Crippen LogP contribution in [0, 0.1) is 11.8 Å². The molecule has 0 saturated carbocycles. The number of rotatable bonds is 7. The predicted octanol–water partition coefficient (Wildman–Crippen LogP) is 2.50. The normalized spacial score (nSPS) is 11.2. The van der Waals surface area contributed by atoms with Gasteiger partial charge in [0.1, 0.15) is 0 Å². The molecule has 6 heteroatoms.